The number of imidazole rings is 1. The van der Waals surface area contributed by atoms with Gasteiger partial charge in [-0.15, -0.1) is 0 Å². The van der Waals surface area contributed by atoms with Crippen molar-refractivity contribution in [3.63, 3.8) is 0 Å². The lowest BCUT2D eigenvalue weighted by Crippen LogP contribution is -2.65. The Morgan fingerprint density at radius 2 is 1.30 bits per heavy atom. The van der Waals surface area contributed by atoms with Crippen LogP contribution in [0.3, 0.4) is 0 Å². The number of aromatic nitrogens is 2. The molecule has 2 unspecified atom stereocenters. The van der Waals surface area contributed by atoms with E-state index in [1.54, 1.807) is 12.1 Å². The van der Waals surface area contributed by atoms with Crippen LogP contribution in [0.15, 0.2) is 48.8 Å². The zero-order valence-corrected chi connectivity index (χ0v) is 33.9. The molecule has 0 aliphatic carbocycles. The predicted octanol–water partition coefficient (Wildman–Crippen LogP) is 1.00. The quantitative estimate of drug-likeness (QED) is 0.130. The van der Waals surface area contributed by atoms with Crippen molar-refractivity contribution < 1.29 is 90.8 Å². The van der Waals surface area contributed by atoms with Gasteiger partial charge in [0.05, 0.1) is 19.4 Å². The maximum Gasteiger partial charge on any atom is 0.339 e. The lowest BCUT2D eigenvalue weighted by atomic mass is 9.97. The summed E-state index contributed by atoms with van der Waals surface area (Å²) in [6, 6.07) is 8.65. The van der Waals surface area contributed by atoms with Crippen LogP contribution in [-0.4, -0.2) is 137 Å². The molecule has 10 atom stereocenters. The number of benzene rings is 1. The van der Waals surface area contributed by atoms with Gasteiger partial charge in [0.2, 0.25) is 6.29 Å². The second-order valence-electron chi connectivity index (χ2n) is 13.4. The van der Waals surface area contributed by atoms with E-state index >= 15 is 0 Å². The standard InChI is InChI=1S/C38H40ClN3O19/c1-16(43)54-28-25(15-53-38-33(58-20(5)47)31(57-19(4)46)30(56-18(3)45)32(61-38)36(51)52-6)60-37(27(48)29(28)55-17(2)44)59-23-10-7-21(8-11-23)35(50)40-22-9-12-26-41-24(34(39)49)14-42(26)13-22/h7-14,25,27-33,37-38,48H,15H2,1-6H3,(H,40,50)/t25-,27-,28+,29-,30+,31+,32?,33-,37?,38-/m1/s1. The summed E-state index contributed by atoms with van der Waals surface area (Å²) < 4.78 is 56.8. The van der Waals surface area contributed by atoms with Crippen molar-refractivity contribution in [1.29, 1.82) is 0 Å². The van der Waals surface area contributed by atoms with Crippen LogP contribution in [0.5, 0.6) is 5.75 Å². The Morgan fingerprint density at radius 1 is 0.721 bits per heavy atom. The van der Waals surface area contributed by atoms with Crippen molar-refractivity contribution >= 4 is 69.9 Å². The average Bonchev–Trinajstić information content (AvgIpc) is 3.62. The minimum atomic E-state index is -1.82. The zero-order chi connectivity index (χ0) is 44.7. The van der Waals surface area contributed by atoms with Crippen LogP contribution in [0.1, 0.15) is 55.5 Å². The number of carbonyl (C=O) groups excluding carboxylic acids is 8. The molecule has 2 aliphatic heterocycles. The highest BCUT2D eigenvalue weighted by Crippen LogP contribution is 2.33. The molecule has 2 fully saturated rings. The molecule has 0 spiro atoms. The molecule has 2 N–H and O–H groups in total. The maximum absolute atomic E-state index is 13.1. The van der Waals surface area contributed by atoms with Crippen LogP contribution in [0.25, 0.3) is 5.65 Å². The van der Waals surface area contributed by atoms with Gasteiger partial charge in [-0.1, -0.05) is 0 Å². The highest BCUT2D eigenvalue weighted by Gasteiger charge is 2.56. The van der Waals surface area contributed by atoms with E-state index in [2.05, 4.69) is 10.3 Å². The Morgan fingerprint density at radius 3 is 1.89 bits per heavy atom. The summed E-state index contributed by atoms with van der Waals surface area (Å²) >= 11 is 5.52. The first-order valence-corrected chi connectivity index (χ1v) is 18.5. The number of aliphatic hydroxyl groups excluding tert-OH is 1. The molecule has 0 bridgehead atoms. The molecule has 4 heterocycles. The van der Waals surface area contributed by atoms with Crippen LogP contribution in [0.4, 0.5) is 5.69 Å². The number of esters is 6. The number of carbonyl (C=O) groups is 8. The summed E-state index contributed by atoms with van der Waals surface area (Å²) in [5.74, 6) is -6.19. The fourth-order valence-corrected chi connectivity index (χ4v) is 6.46. The number of halogens is 1. The van der Waals surface area contributed by atoms with E-state index in [4.69, 9.17) is 59.0 Å². The van der Waals surface area contributed by atoms with Crippen LogP contribution >= 0.6 is 11.6 Å². The number of pyridine rings is 1. The van der Waals surface area contributed by atoms with Gasteiger partial charge < -0.3 is 62.2 Å². The summed E-state index contributed by atoms with van der Waals surface area (Å²) in [5, 5.41) is 13.3. The summed E-state index contributed by atoms with van der Waals surface area (Å²) in [7, 11) is 1.00. The Hall–Kier alpha value is -6.20. The summed E-state index contributed by atoms with van der Waals surface area (Å²) in [6.07, 6.45) is -14.0. The second kappa shape index (κ2) is 19.9. The first-order valence-electron chi connectivity index (χ1n) is 18.2. The number of methoxy groups -OCH3 is 1. The first kappa shape index (κ1) is 45.9. The molecule has 0 radical (unpaired) electrons. The molecule has 61 heavy (non-hydrogen) atoms. The number of hydrogen-bond donors (Lipinski definition) is 2. The number of ether oxygens (including phenoxy) is 10. The molecular formula is C38H40ClN3O19. The molecule has 5 rings (SSSR count). The number of fused-ring (bicyclic) bond motifs is 1. The Kier molecular flexibility index (Phi) is 15.0. The van der Waals surface area contributed by atoms with Crippen LogP contribution in [0, 0.1) is 0 Å². The van der Waals surface area contributed by atoms with Gasteiger partial charge in [0.25, 0.3) is 11.1 Å². The van der Waals surface area contributed by atoms with Gasteiger partial charge in [-0.2, -0.15) is 0 Å². The van der Waals surface area contributed by atoms with Crippen molar-refractivity contribution in [3.05, 3.63) is 60.0 Å². The predicted molar refractivity (Wildman–Crippen MR) is 199 cm³/mol. The van der Waals surface area contributed by atoms with Gasteiger partial charge in [-0.25, -0.2) is 9.78 Å². The van der Waals surface area contributed by atoms with Gasteiger partial charge in [0.15, 0.2) is 49.0 Å². The van der Waals surface area contributed by atoms with Crippen LogP contribution < -0.4 is 10.1 Å². The Bertz CT molecular complexity index is 2160. The molecular weight excluding hydrogens is 838 g/mol. The topological polar surface area (TPSA) is 278 Å². The van der Waals surface area contributed by atoms with E-state index in [0.717, 1.165) is 41.7 Å². The number of nitrogens with one attached hydrogen (secondary N) is 1. The van der Waals surface area contributed by atoms with Gasteiger partial charge in [0.1, 0.15) is 23.2 Å². The van der Waals surface area contributed by atoms with Gasteiger partial charge >= 0.3 is 35.8 Å². The van der Waals surface area contributed by atoms with E-state index in [1.165, 1.54) is 41.1 Å². The van der Waals surface area contributed by atoms with Crippen molar-refractivity contribution in [2.24, 2.45) is 0 Å². The Balaban J connectivity index is 1.38. The van der Waals surface area contributed by atoms with Crippen molar-refractivity contribution in [2.75, 3.05) is 19.0 Å². The van der Waals surface area contributed by atoms with Crippen LogP contribution in [0.2, 0.25) is 0 Å². The number of anilines is 1. The van der Waals surface area contributed by atoms with Gasteiger partial charge in [0, 0.05) is 52.6 Å². The van der Waals surface area contributed by atoms with Crippen molar-refractivity contribution in [2.45, 2.75) is 96.0 Å². The van der Waals surface area contributed by atoms with E-state index in [-0.39, 0.29) is 17.0 Å². The highest BCUT2D eigenvalue weighted by molar-refractivity contribution is 6.67. The van der Waals surface area contributed by atoms with Crippen molar-refractivity contribution in [1.82, 2.24) is 9.38 Å². The third kappa shape index (κ3) is 11.5. The molecule has 2 saturated heterocycles. The normalized spacial score (nSPS) is 25.9. The lowest BCUT2D eigenvalue weighted by Gasteiger charge is -2.45. The third-order valence-corrected chi connectivity index (χ3v) is 8.95. The highest BCUT2D eigenvalue weighted by atomic mass is 35.5. The smallest absolute Gasteiger partial charge is 0.339 e. The van der Waals surface area contributed by atoms with E-state index in [9.17, 15) is 43.5 Å². The molecule has 23 heteroatoms. The minimum Gasteiger partial charge on any atom is -0.467 e. The molecule has 1 amide bonds. The minimum absolute atomic E-state index is 0.0257. The fraction of sp³-hybridized carbons (Fsp3) is 0.447. The number of hydrogen-bond acceptors (Lipinski definition) is 20. The number of aliphatic hydroxyl groups is 1. The average molecular weight is 878 g/mol. The molecule has 328 valence electrons. The number of nitrogens with zero attached hydrogens (tertiary/aromatic N) is 2. The summed E-state index contributed by atoms with van der Waals surface area (Å²) in [5.41, 5.74) is 0.974. The SMILES string of the molecule is COC(=O)C1O[C@@H](OC[C@H]2OC(Oc3ccc(C(=O)Nc4ccc5nc(C(=O)Cl)cn5c4)cc3)[C@H](O)[C@@H](OC(C)=O)[C@H]2OC(C)=O)[C@H](OC(C)=O)[C@@H](OC(C)=O)[C@@H]1OC(C)=O. The molecule has 2 aromatic heterocycles. The summed E-state index contributed by atoms with van der Waals surface area (Å²) in [6.45, 7) is 4.37. The van der Waals surface area contributed by atoms with E-state index in [0.29, 0.717) is 11.3 Å². The molecule has 1 aromatic carbocycles. The van der Waals surface area contributed by atoms with E-state index < -0.39 is 115 Å². The monoisotopic (exact) mass is 877 g/mol. The molecule has 0 saturated carbocycles. The van der Waals surface area contributed by atoms with Crippen LogP contribution in [-0.2, 0) is 71.4 Å². The lowest BCUT2D eigenvalue weighted by molar-refractivity contribution is -0.322. The number of amides is 1. The largest absolute Gasteiger partial charge is 0.467 e. The van der Waals surface area contributed by atoms with Gasteiger partial charge in [-0.05, 0) is 48.0 Å². The number of rotatable bonds is 14. The fourth-order valence-electron chi connectivity index (χ4n) is 6.37. The first-order chi connectivity index (χ1) is 28.8. The van der Waals surface area contributed by atoms with Gasteiger partial charge in [-0.3, -0.25) is 33.6 Å². The zero-order valence-electron chi connectivity index (χ0n) is 33.2. The maximum atomic E-state index is 13.1. The third-order valence-electron chi connectivity index (χ3n) is 8.76. The van der Waals surface area contributed by atoms with Crippen molar-refractivity contribution in [3.8, 4) is 5.75 Å². The molecule has 3 aromatic rings. The Labute approximate surface area is 350 Å². The summed E-state index contributed by atoms with van der Waals surface area (Å²) in [4.78, 5) is 103. The second-order valence-corrected chi connectivity index (χ2v) is 13.7. The molecule has 2 aliphatic rings. The molecule has 22 nitrogen and oxygen atoms in total. The van der Waals surface area contributed by atoms with E-state index in [1.807, 2.05) is 0 Å².